The largest absolute Gasteiger partial charge is 0.337 e. The summed E-state index contributed by atoms with van der Waals surface area (Å²) in [5, 5.41) is 13.9. The molecular weight excluding hydrogens is 344 g/mol. The SMILES string of the molecule is O=C(NCc1nc(C2CCCCC2)no1)Nc1ccccc1-n1cccn1. The van der Waals surface area contributed by atoms with E-state index >= 15 is 0 Å². The predicted molar refractivity (Wildman–Crippen MR) is 99.5 cm³/mol. The number of para-hydroxylation sites is 2. The van der Waals surface area contributed by atoms with Crippen LogP contribution in [0.5, 0.6) is 0 Å². The Morgan fingerprint density at radius 2 is 2.04 bits per heavy atom. The summed E-state index contributed by atoms with van der Waals surface area (Å²) in [5.74, 6) is 1.56. The predicted octanol–water partition coefficient (Wildman–Crippen LogP) is 3.62. The minimum absolute atomic E-state index is 0.190. The van der Waals surface area contributed by atoms with E-state index in [1.165, 1.54) is 19.3 Å². The molecule has 2 heterocycles. The number of amides is 2. The molecule has 0 bridgehead atoms. The van der Waals surface area contributed by atoms with E-state index in [0.29, 0.717) is 17.5 Å². The quantitative estimate of drug-likeness (QED) is 0.718. The molecule has 0 spiro atoms. The van der Waals surface area contributed by atoms with Crippen LogP contribution >= 0.6 is 0 Å². The molecule has 1 fully saturated rings. The van der Waals surface area contributed by atoms with Crippen molar-refractivity contribution in [1.29, 1.82) is 0 Å². The number of nitrogens with zero attached hydrogens (tertiary/aromatic N) is 4. The second-order valence-corrected chi connectivity index (χ2v) is 6.66. The maximum Gasteiger partial charge on any atom is 0.319 e. The Morgan fingerprint density at radius 1 is 1.19 bits per heavy atom. The van der Waals surface area contributed by atoms with Crippen molar-refractivity contribution in [3.63, 3.8) is 0 Å². The fraction of sp³-hybridized carbons (Fsp3) is 0.368. The van der Waals surface area contributed by atoms with Gasteiger partial charge in [-0.3, -0.25) is 0 Å². The lowest BCUT2D eigenvalue weighted by Gasteiger charge is -2.17. The van der Waals surface area contributed by atoms with Crippen LogP contribution in [-0.2, 0) is 6.54 Å². The van der Waals surface area contributed by atoms with Gasteiger partial charge in [-0.05, 0) is 31.0 Å². The van der Waals surface area contributed by atoms with Gasteiger partial charge < -0.3 is 15.2 Å². The zero-order chi connectivity index (χ0) is 18.5. The molecule has 0 aliphatic heterocycles. The zero-order valence-corrected chi connectivity index (χ0v) is 15.0. The van der Waals surface area contributed by atoms with Crippen molar-refractivity contribution in [3.8, 4) is 5.69 Å². The standard InChI is InChI=1S/C19H22N6O2/c26-19(22-15-9-4-5-10-16(15)25-12-6-11-21-25)20-13-17-23-18(24-27-17)14-7-2-1-3-8-14/h4-6,9-12,14H,1-3,7-8,13H2,(H2,20,22,26). The first-order valence-electron chi connectivity index (χ1n) is 9.26. The van der Waals surface area contributed by atoms with Crippen LogP contribution in [0.3, 0.4) is 0 Å². The molecule has 1 saturated carbocycles. The number of carbonyl (C=O) groups is 1. The number of urea groups is 1. The number of benzene rings is 1. The van der Waals surface area contributed by atoms with Crippen molar-refractivity contribution >= 4 is 11.7 Å². The van der Waals surface area contributed by atoms with E-state index in [1.807, 2.05) is 36.5 Å². The third kappa shape index (κ3) is 4.16. The molecule has 1 aliphatic carbocycles. The summed E-state index contributed by atoms with van der Waals surface area (Å²) in [6.45, 7) is 0.190. The topological polar surface area (TPSA) is 97.9 Å². The Bertz CT molecular complexity index is 883. The average molecular weight is 366 g/mol. The first-order valence-corrected chi connectivity index (χ1v) is 9.26. The third-order valence-corrected chi connectivity index (χ3v) is 4.76. The molecule has 0 saturated heterocycles. The number of anilines is 1. The highest BCUT2D eigenvalue weighted by molar-refractivity contribution is 5.91. The summed E-state index contributed by atoms with van der Waals surface area (Å²) in [6, 6.07) is 8.95. The molecule has 2 amide bonds. The minimum atomic E-state index is -0.341. The maximum absolute atomic E-state index is 12.3. The molecule has 140 valence electrons. The van der Waals surface area contributed by atoms with Gasteiger partial charge in [-0.1, -0.05) is 36.6 Å². The van der Waals surface area contributed by atoms with Crippen molar-refractivity contribution in [2.45, 2.75) is 44.6 Å². The summed E-state index contributed by atoms with van der Waals surface area (Å²) in [7, 11) is 0. The molecule has 0 radical (unpaired) electrons. The maximum atomic E-state index is 12.3. The summed E-state index contributed by atoms with van der Waals surface area (Å²) < 4.78 is 6.98. The van der Waals surface area contributed by atoms with Crippen molar-refractivity contribution < 1.29 is 9.32 Å². The summed E-state index contributed by atoms with van der Waals surface area (Å²) >= 11 is 0. The molecule has 0 unspecified atom stereocenters. The van der Waals surface area contributed by atoms with Gasteiger partial charge in [0.2, 0.25) is 5.89 Å². The smallest absolute Gasteiger partial charge is 0.319 e. The van der Waals surface area contributed by atoms with Gasteiger partial charge in [-0.25, -0.2) is 9.48 Å². The molecule has 1 aliphatic rings. The van der Waals surface area contributed by atoms with Crippen LogP contribution < -0.4 is 10.6 Å². The van der Waals surface area contributed by atoms with Gasteiger partial charge in [-0.2, -0.15) is 10.1 Å². The Morgan fingerprint density at radius 3 is 2.85 bits per heavy atom. The molecule has 2 aromatic heterocycles. The van der Waals surface area contributed by atoms with Gasteiger partial charge in [0.15, 0.2) is 5.82 Å². The Hall–Kier alpha value is -3.16. The normalized spacial score (nSPS) is 14.8. The van der Waals surface area contributed by atoms with E-state index in [9.17, 15) is 4.79 Å². The van der Waals surface area contributed by atoms with Gasteiger partial charge in [-0.15, -0.1) is 0 Å². The van der Waals surface area contributed by atoms with Crippen LogP contribution in [0.25, 0.3) is 5.69 Å². The molecule has 4 rings (SSSR count). The lowest BCUT2D eigenvalue weighted by Crippen LogP contribution is -2.28. The second kappa shape index (κ2) is 8.03. The molecule has 27 heavy (non-hydrogen) atoms. The van der Waals surface area contributed by atoms with E-state index in [0.717, 1.165) is 24.4 Å². The molecule has 8 heteroatoms. The fourth-order valence-electron chi connectivity index (χ4n) is 3.38. The van der Waals surface area contributed by atoms with E-state index in [-0.39, 0.29) is 12.6 Å². The summed E-state index contributed by atoms with van der Waals surface area (Å²) in [4.78, 5) is 16.7. The van der Waals surface area contributed by atoms with Crippen LogP contribution in [0.4, 0.5) is 10.5 Å². The van der Waals surface area contributed by atoms with Crippen molar-refractivity contribution in [2.75, 3.05) is 5.32 Å². The number of rotatable bonds is 5. The van der Waals surface area contributed by atoms with Gasteiger partial charge in [0.25, 0.3) is 0 Å². The van der Waals surface area contributed by atoms with Crippen molar-refractivity contribution in [2.24, 2.45) is 0 Å². The molecule has 3 aromatic rings. The van der Waals surface area contributed by atoms with Gasteiger partial charge in [0, 0.05) is 18.3 Å². The zero-order valence-electron chi connectivity index (χ0n) is 15.0. The number of hydrogen-bond acceptors (Lipinski definition) is 5. The highest BCUT2D eigenvalue weighted by atomic mass is 16.5. The van der Waals surface area contributed by atoms with Crippen molar-refractivity contribution in [1.82, 2.24) is 25.2 Å². The summed E-state index contributed by atoms with van der Waals surface area (Å²) in [6.07, 6.45) is 9.44. The number of aromatic nitrogens is 4. The molecule has 2 N–H and O–H groups in total. The van der Waals surface area contributed by atoms with Gasteiger partial charge >= 0.3 is 6.03 Å². The third-order valence-electron chi connectivity index (χ3n) is 4.76. The highest BCUT2D eigenvalue weighted by Crippen LogP contribution is 2.30. The van der Waals surface area contributed by atoms with Gasteiger partial charge in [0.05, 0.1) is 17.9 Å². The first-order chi connectivity index (χ1) is 13.3. The van der Waals surface area contributed by atoms with Crippen LogP contribution in [-0.4, -0.2) is 26.0 Å². The molecular formula is C19H22N6O2. The van der Waals surface area contributed by atoms with Gasteiger partial charge in [0.1, 0.15) is 0 Å². The minimum Gasteiger partial charge on any atom is -0.337 e. The second-order valence-electron chi connectivity index (χ2n) is 6.66. The number of carbonyl (C=O) groups excluding carboxylic acids is 1. The van der Waals surface area contributed by atoms with Crippen LogP contribution in [0, 0.1) is 0 Å². The summed E-state index contributed by atoms with van der Waals surface area (Å²) in [5.41, 5.74) is 1.45. The first kappa shape index (κ1) is 17.3. The lowest BCUT2D eigenvalue weighted by molar-refractivity contribution is 0.249. The average Bonchev–Trinajstić information content (AvgIpc) is 3.40. The Kier molecular flexibility index (Phi) is 5.13. The Balaban J connectivity index is 1.35. The molecule has 8 nitrogen and oxygen atoms in total. The fourth-order valence-corrected chi connectivity index (χ4v) is 3.38. The number of hydrogen-bond donors (Lipinski definition) is 2. The van der Waals surface area contributed by atoms with E-state index < -0.39 is 0 Å². The number of nitrogens with one attached hydrogen (secondary N) is 2. The highest BCUT2D eigenvalue weighted by Gasteiger charge is 2.21. The molecule has 0 atom stereocenters. The van der Waals surface area contributed by atoms with Crippen molar-refractivity contribution in [3.05, 3.63) is 54.4 Å². The lowest BCUT2D eigenvalue weighted by atomic mass is 9.89. The van der Waals surface area contributed by atoms with E-state index in [4.69, 9.17) is 4.52 Å². The van der Waals surface area contributed by atoms with E-state index in [2.05, 4.69) is 25.9 Å². The van der Waals surface area contributed by atoms with Crippen LogP contribution in [0.2, 0.25) is 0 Å². The van der Waals surface area contributed by atoms with Crippen LogP contribution in [0.15, 0.2) is 47.2 Å². The Labute approximate surface area is 157 Å². The monoisotopic (exact) mass is 366 g/mol. The van der Waals surface area contributed by atoms with Crippen LogP contribution in [0.1, 0.15) is 49.7 Å². The molecule has 1 aromatic carbocycles. The van der Waals surface area contributed by atoms with E-state index in [1.54, 1.807) is 10.9 Å².